The molecule has 0 spiro atoms. The summed E-state index contributed by atoms with van der Waals surface area (Å²) in [6.45, 7) is 1.52. The van der Waals surface area contributed by atoms with E-state index in [0.717, 1.165) is 11.0 Å². The number of nitro groups is 1. The number of nitrogens with zero attached hydrogens (tertiary/aromatic N) is 2. The van der Waals surface area contributed by atoms with Crippen LogP contribution in [-0.2, 0) is 10.0 Å². The highest BCUT2D eigenvalue weighted by atomic mass is 32.2. The van der Waals surface area contributed by atoms with Gasteiger partial charge >= 0.3 is 0 Å². The fourth-order valence-electron chi connectivity index (χ4n) is 2.48. The molecule has 1 aliphatic heterocycles. The molecule has 0 bridgehead atoms. The van der Waals surface area contributed by atoms with Crippen LogP contribution < -0.4 is 4.83 Å². The second kappa shape index (κ2) is 7.04. The second-order valence-electron chi connectivity index (χ2n) is 5.60. The Bertz CT molecular complexity index is 1020. The van der Waals surface area contributed by atoms with E-state index in [1.807, 2.05) is 0 Å². The van der Waals surface area contributed by atoms with Crippen LogP contribution in [-0.4, -0.2) is 24.8 Å². The number of halogens is 1. The molecule has 2 aromatic carbocycles. The third kappa shape index (κ3) is 3.70. The number of rotatable bonds is 4. The van der Waals surface area contributed by atoms with E-state index >= 15 is 0 Å². The predicted molar refractivity (Wildman–Crippen MR) is 96.4 cm³/mol. The first-order valence-electron chi connectivity index (χ1n) is 7.54. The Labute approximate surface area is 153 Å². The molecule has 3 rings (SSSR count). The largest absolute Gasteiger partial charge is 0.276 e. The number of hydrazone groups is 1. The maximum atomic E-state index is 13.5. The van der Waals surface area contributed by atoms with E-state index in [4.69, 9.17) is 0 Å². The summed E-state index contributed by atoms with van der Waals surface area (Å²) >= 11 is 1.54. The third-order valence-corrected chi connectivity index (χ3v) is 6.12. The van der Waals surface area contributed by atoms with E-state index in [0.29, 0.717) is 29.0 Å². The van der Waals surface area contributed by atoms with Crippen LogP contribution in [0.4, 0.5) is 10.1 Å². The van der Waals surface area contributed by atoms with E-state index in [-0.39, 0.29) is 10.6 Å². The molecule has 26 heavy (non-hydrogen) atoms. The SMILES string of the molecule is Cc1ccc(S(=O)(=O)N/N=C2\CCSc3ccc(F)cc32)cc1[N+](=O)[O-]. The summed E-state index contributed by atoms with van der Waals surface area (Å²) in [7, 11) is -4.09. The number of sulfonamides is 1. The quantitative estimate of drug-likeness (QED) is 0.633. The Hall–Kier alpha value is -2.46. The number of hydrogen-bond acceptors (Lipinski definition) is 6. The standard InChI is InChI=1S/C16H14FN3O4S2/c1-10-2-4-12(9-15(10)20(21)22)26(23,24)19-18-14-6-7-25-16-5-3-11(17)8-13(14)16/h2-5,8-9,19H,6-7H2,1H3/b18-14+. The van der Waals surface area contributed by atoms with E-state index in [1.54, 1.807) is 6.07 Å². The Morgan fingerprint density at radius 3 is 2.77 bits per heavy atom. The van der Waals surface area contributed by atoms with Crippen LogP contribution in [0.25, 0.3) is 0 Å². The lowest BCUT2D eigenvalue weighted by atomic mass is 10.1. The zero-order chi connectivity index (χ0) is 18.9. The maximum absolute atomic E-state index is 13.5. The molecular weight excluding hydrogens is 381 g/mol. The minimum atomic E-state index is -4.09. The normalized spacial score (nSPS) is 15.5. The molecule has 0 saturated heterocycles. The lowest BCUT2D eigenvalue weighted by molar-refractivity contribution is -0.385. The summed E-state index contributed by atoms with van der Waals surface area (Å²) in [5, 5.41) is 14.9. The monoisotopic (exact) mass is 395 g/mol. The number of aryl methyl sites for hydroxylation is 1. The van der Waals surface area contributed by atoms with Crippen LogP contribution in [0.1, 0.15) is 17.5 Å². The van der Waals surface area contributed by atoms with Gasteiger partial charge in [0.25, 0.3) is 15.7 Å². The molecule has 136 valence electrons. The molecular formula is C16H14FN3O4S2. The summed E-state index contributed by atoms with van der Waals surface area (Å²) in [4.78, 5) is 13.0. The molecule has 0 atom stereocenters. The van der Waals surface area contributed by atoms with E-state index in [1.165, 1.54) is 43.0 Å². The van der Waals surface area contributed by atoms with Crippen molar-refractivity contribution in [3.8, 4) is 0 Å². The van der Waals surface area contributed by atoms with Crippen LogP contribution in [0.3, 0.4) is 0 Å². The van der Waals surface area contributed by atoms with Gasteiger partial charge in [0.15, 0.2) is 0 Å². The third-order valence-electron chi connectivity index (χ3n) is 3.84. The molecule has 1 aliphatic rings. The topological polar surface area (TPSA) is 102 Å². The van der Waals surface area contributed by atoms with Crippen molar-refractivity contribution in [2.75, 3.05) is 5.75 Å². The number of hydrogen-bond donors (Lipinski definition) is 1. The molecule has 0 fully saturated rings. The lowest BCUT2D eigenvalue weighted by Gasteiger charge is -2.17. The Morgan fingerprint density at radius 1 is 1.27 bits per heavy atom. The molecule has 10 heteroatoms. The van der Waals surface area contributed by atoms with Gasteiger partial charge in [-0.2, -0.15) is 18.4 Å². The average Bonchev–Trinajstić information content (AvgIpc) is 2.60. The van der Waals surface area contributed by atoms with E-state index in [2.05, 4.69) is 9.93 Å². The minimum Gasteiger partial charge on any atom is -0.258 e. The van der Waals surface area contributed by atoms with Gasteiger partial charge in [-0.1, -0.05) is 6.07 Å². The van der Waals surface area contributed by atoms with Crippen molar-refractivity contribution >= 4 is 33.2 Å². The van der Waals surface area contributed by atoms with Crippen molar-refractivity contribution in [3.05, 3.63) is 63.5 Å². The molecule has 0 amide bonds. The summed E-state index contributed by atoms with van der Waals surface area (Å²) in [5.74, 6) is 0.255. The first-order chi connectivity index (χ1) is 12.3. The second-order valence-corrected chi connectivity index (χ2v) is 8.40. The lowest BCUT2D eigenvalue weighted by Crippen LogP contribution is -2.22. The number of nitro benzene ring substituents is 1. The van der Waals surface area contributed by atoms with Crippen molar-refractivity contribution < 1.29 is 17.7 Å². The van der Waals surface area contributed by atoms with Crippen LogP contribution in [0.15, 0.2) is 51.3 Å². The van der Waals surface area contributed by atoms with Crippen LogP contribution >= 0.6 is 11.8 Å². The van der Waals surface area contributed by atoms with Crippen LogP contribution in [0.5, 0.6) is 0 Å². The molecule has 0 aromatic heterocycles. The van der Waals surface area contributed by atoms with Crippen molar-refractivity contribution in [1.29, 1.82) is 0 Å². The molecule has 0 unspecified atom stereocenters. The van der Waals surface area contributed by atoms with E-state index in [9.17, 15) is 22.9 Å². The maximum Gasteiger partial charge on any atom is 0.276 e. The fraction of sp³-hybridized carbons (Fsp3) is 0.188. The van der Waals surface area contributed by atoms with Gasteiger partial charge in [0.2, 0.25) is 0 Å². The smallest absolute Gasteiger partial charge is 0.258 e. The Balaban J connectivity index is 1.93. The molecule has 2 aromatic rings. The summed E-state index contributed by atoms with van der Waals surface area (Å²) in [5.41, 5.74) is 1.03. The highest BCUT2D eigenvalue weighted by Crippen LogP contribution is 2.30. The van der Waals surface area contributed by atoms with Crippen LogP contribution in [0, 0.1) is 22.9 Å². The van der Waals surface area contributed by atoms with Gasteiger partial charge in [-0.25, -0.2) is 4.39 Å². The van der Waals surface area contributed by atoms with Gasteiger partial charge in [0.1, 0.15) is 5.82 Å². The Kier molecular flexibility index (Phi) is 4.97. The predicted octanol–water partition coefficient (Wildman–Crippen LogP) is 3.22. The summed E-state index contributed by atoms with van der Waals surface area (Å²) < 4.78 is 38.3. The molecule has 1 heterocycles. The number of fused-ring (bicyclic) bond motifs is 1. The summed E-state index contributed by atoms with van der Waals surface area (Å²) in [6, 6.07) is 7.90. The summed E-state index contributed by atoms with van der Waals surface area (Å²) in [6.07, 6.45) is 0.470. The average molecular weight is 395 g/mol. The number of thioether (sulfide) groups is 1. The van der Waals surface area contributed by atoms with Crippen molar-refractivity contribution in [2.24, 2.45) is 5.10 Å². The van der Waals surface area contributed by atoms with Gasteiger partial charge in [-0.15, -0.1) is 11.8 Å². The first kappa shape index (κ1) is 18.3. The minimum absolute atomic E-state index is 0.260. The number of nitrogens with one attached hydrogen (secondary N) is 1. The van der Waals surface area contributed by atoms with Crippen molar-refractivity contribution in [1.82, 2.24) is 4.83 Å². The van der Waals surface area contributed by atoms with Gasteiger partial charge in [0.05, 0.1) is 15.5 Å². The first-order valence-corrected chi connectivity index (χ1v) is 10.0. The van der Waals surface area contributed by atoms with Gasteiger partial charge in [0, 0.05) is 34.3 Å². The fourth-order valence-corrected chi connectivity index (χ4v) is 4.34. The highest BCUT2D eigenvalue weighted by Gasteiger charge is 2.21. The molecule has 7 nitrogen and oxygen atoms in total. The van der Waals surface area contributed by atoms with Gasteiger partial charge < -0.3 is 0 Å². The van der Waals surface area contributed by atoms with Crippen molar-refractivity contribution in [3.63, 3.8) is 0 Å². The molecule has 0 aliphatic carbocycles. The zero-order valence-corrected chi connectivity index (χ0v) is 15.2. The van der Waals surface area contributed by atoms with Gasteiger partial charge in [-0.3, -0.25) is 10.1 Å². The van der Waals surface area contributed by atoms with Gasteiger partial charge in [-0.05, 0) is 31.2 Å². The Morgan fingerprint density at radius 2 is 2.04 bits per heavy atom. The number of benzene rings is 2. The molecule has 0 radical (unpaired) electrons. The van der Waals surface area contributed by atoms with Crippen LogP contribution in [0.2, 0.25) is 0 Å². The van der Waals surface area contributed by atoms with E-state index < -0.39 is 20.8 Å². The molecule has 0 saturated carbocycles. The molecule has 1 N–H and O–H groups in total. The highest BCUT2D eigenvalue weighted by molar-refractivity contribution is 7.99. The zero-order valence-electron chi connectivity index (χ0n) is 13.6. The van der Waals surface area contributed by atoms with Crippen molar-refractivity contribution in [2.45, 2.75) is 23.1 Å².